The van der Waals surface area contributed by atoms with Gasteiger partial charge in [-0.15, -0.1) is 0 Å². The van der Waals surface area contributed by atoms with Crippen LogP contribution in [-0.2, 0) is 14.8 Å². The first-order valence-electron chi connectivity index (χ1n) is 21.3. The van der Waals surface area contributed by atoms with E-state index < -0.39 is 16.1 Å². The van der Waals surface area contributed by atoms with Crippen molar-refractivity contribution in [3.63, 3.8) is 0 Å². The smallest absolute Gasteiger partial charge is 0.320 e. The van der Waals surface area contributed by atoms with Gasteiger partial charge in [0.15, 0.2) is 0 Å². The average Bonchev–Trinajstić information content (AvgIpc) is 3.67. The summed E-state index contributed by atoms with van der Waals surface area (Å²) in [5, 5.41) is 12.5. The van der Waals surface area contributed by atoms with Gasteiger partial charge in [0.05, 0.1) is 23.0 Å². The summed E-state index contributed by atoms with van der Waals surface area (Å²) in [6.07, 6.45) is 13.7. The summed E-state index contributed by atoms with van der Waals surface area (Å²) in [5.74, 6) is 4.43. The van der Waals surface area contributed by atoms with Crippen molar-refractivity contribution in [2.45, 2.75) is 95.1 Å². The third-order valence-electron chi connectivity index (χ3n) is 14.3. The Morgan fingerprint density at radius 2 is 1.47 bits per heavy atom. The molecule has 6 fully saturated rings. The summed E-state index contributed by atoms with van der Waals surface area (Å²) in [4.78, 5) is 38.2. The summed E-state index contributed by atoms with van der Waals surface area (Å²) < 4.78 is 35.1. The molecule has 2 aromatic heterocycles. The Morgan fingerprint density at radius 3 is 2.12 bits per heavy atom. The highest BCUT2D eigenvalue weighted by atomic mass is 32.2. The van der Waals surface area contributed by atoms with Gasteiger partial charge in [0.25, 0.3) is 10.0 Å². The van der Waals surface area contributed by atoms with E-state index in [9.17, 15) is 23.1 Å². The molecule has 1 N–H and O–H groups in total. The van der Waals surface area contributed by atoms with E-state index in [1.54, 1.807) is 53.6 Å². The van der Waals surface area contributed by atoms with Crippen molar-refractivity contribution in [1.82, 2.24) is 23.7 Å². The third kappa shape index (κ3) is 7.19. The fourth-order valence-corrected chi connectivity index (χ4v) is 13.4. The number of likely N-dealkylation sites (tertiary alicyclic amines) is 2. The van der Waals surface area contributed by atoms with E-state index in [4.69, 9.17) is 4.74 Å². The molecule has 2 aliphatic heterocycles. The van der Waals surface area contributed by atoms with Crippen molar-refractivity contribution in [3.05, 3.63) is 67.0 Å². The molecule has 0 spiro atoms. The van der Waals surface area contributed by atoms with E-state index in [2.05, 4.69) is 9.88 Å². The molecule has 2 aromatic carbocycles. The van der Waals surface area contributed by atoms with Crippen LogP contribution in [-0.4, -0.2) is 101 Å². The minimum atomic E-state index is -3.98. The second kappa shape index (κ2) is 15.2. The van der Waals surface area contributed by atoms with Gasteiger partial charge in [-0.1, -0.05) is 24.3 Å². The van der Waals surface area contributed by atoms with E-state index in [1.807, 2.05) is 30.9 Å². The Morgan fingerprint density at radius 1 is 0.860 bits per heavy atom. The van der Waals surface area contributed by atoms with Crippen molar-refractivity contribution in [1.29, 1.82) is 0 Å². The van der Waals surface area contributed by atoms with Gasteiger partial charge in [0, 0.05) is 55.4 Å². The first-order chi connectivity index (χ1) is 27.5. The van der Waals surface area contributed by atoms with Gasteiger partial charge in [0.1, 0.15) is 23.4 Å². The number of pyridine rings is 1. The van der Waals surface area contributed by atoms with Gasteiger partial charge in [-0.2, -0.15) is 0 Å². The molecular weight excluding hydrogens is 739 g/mol. The first-order valence-corrected chi connectivity index (χ1v) is 22.8. The molecule has 57 heavy (non-hydrogen) atoms. The number of aromatic nitrogens is 2. The van der Waals surface area contributed by atoms with Gasteiger partial charge in [-0.05, 0) is 138 Å². The summed E-state index contributed by atoms with van der Waals surface area (Å²) in [7, 11) is -3.98. The molecule has 12 heteroatoms. The number of fused-ring (bicyclic) bond motifs is 2. The number of benzene rings is 2. The van der Waals surface area contributed by atoms with Crippen LogP contribution in [0.5, 0.6) is 5.75 Å². The number of piperidine rings is 2. The molecule has 6 aliphatic rings. The summed E-state index contributed by atoms with van der Waals surface area (Å²) in [6.45, 7) is 7.14. The number of nitrogens with zero attached hydrogens (tertiary/aromatic N) is 5. The van der Waals surface area contributed by atoms with Gasteiger partial charge in [-0.3, -0.25) is 9.78 Å². The van der Waals surface area contributed by atoms with Gasteiger partial charge in [-0.25, -0.2) is 17.2 Å². The molecule has 10 rings (SSSR count). The van der Waals surface area contributed by atoms with E-state index in [-0.39, 0.29) is 35.5 Å². The maximum absolute atomic E-state index is 14.0. The summed E-state index contributed by atoms with van der Waals surface area (Å²) in [6, 6.07) is 15.5. The van der Waals surface area contributed by atoms with E-state index in [1.165, 1.54) is 29.4 Å². The number of urea groups is 1. The zero-order valence-corrected chi connectivity index (χ0v) is 34.2. The number of para-hydroxylation sites is 1. The fourth-order valence-electron chi connectivity index (χ4n) is 11.8. The molecule has 4 saturated carbocycles. The van der Waals surface area contributed by atoms with Gasteiger partial charge in [0.2, 0.25) is 5.91 Å². The molecule has 3 amide bonds. The minimum Gasteiger partial charge on any atom is -0.490 e. The van der Waals surface area contributed by atoms with Crippen LogP contribution < -0.4 is 4.74 Å². The molecule has 0 radical (unpaired) electrons. The van der Waals surface area contributed by atoms with Crippen LogP contribution >= 0.6 is 0 Å². The quantitative estimate of drug-likeness (QED) is 0.181. The van der Waals surface area contributed by atoms with Crippen molar-refractivity contribution < 1.29 is 27.9 Å². The maximum Gasteiger partial charge on any atom is 0.320 e. The number of rotatable bonds is 10. The SMILES string of the molecule is CC(C)N(CC(O)COc1cccc2c1ccn2S(=O)(=O)c1cccc2cccnc12)C(=O)N1CCC(C2CCN(C(=O)C34CC5CC(CC(C5)C3)C4)CC2)CC1. The molecule has 4 bridgehead atoms. The minimum absolute atomic E-state index is 0.0568. The highest BCUT2D eigenvalue weighted by molar-refractivity contribution is 7.90. The Hall–Kier alpha value is -4.16. The van der Waals surface area contributed by atoms with E-state index in [0.717, 1.165) is 81.2 Å². The van der Waals surface area contributed by atoms with Crippen LogP contribution in [0.2, 0.25) is 0 Å². The number of aliphatic hydroxyl groups excluding tert-OH is 1. The average molecular weight is 796 g/mol. The van der Waals surface area contributed by atoms with Crippen LogP contribution in [0, 0.1) is 35.0 Å². The number of hydrogen-bond acceptors (Lipinski definition) is 7. The topological polar surface area (TPSA) is 125 Å². The molecule has 4 aromatic rings. The summed E-state index contributed by atoms with van der Waals surface area (Å²) in [5.41, 5.74) is 0.801. The molecule has 1 atom stereocenters. The zero-order valence-electron chi connectivity index (χ0n) is 33.3. The van der Waals surface area contributed by atoms with Crippen LogP contribution in [0.1, 0.15) is 78.1 Å². The second-order valence-corrected chi connectivity index (χ2v) is 20.1. The van der Waals surface area contributed by atoms with Crippen LogP contribution in [0.4, 0.5) is 4.79 Å². The molecule has 1 unspecified atom stereocenters. The van der Waals surface area contributed by atoms with Crippen LogP contribution in [0.25, 0.3) is 21.8 Å². The Labute approximate surface area is 336 Å². The zero-order chi connectivity index (χ0) is 39.5. The Bertz CT molecular complexity index is 2200. The van der Waals surface area contributed by atoms with Crippen molar-refractivity contribution in [3.8, 4) is 5.75 Å². The van der Waals surface area contributed by atoms with Gasteiger partial charge < -0.3 is 24.5 Å². The standard InChI is InChI=1S/C45H57N5O6S/c1-30(2)49(28-37(51)29-56-40-9-4-8-39-38(40)15-21-50(39)57(54,55)41-10-3-6-36-7-5-16-46-42(36)41)44(53)48-19-13-35(14-20-48)34-11-17-47(18-12-34)43(52)45-25-31-22-32(26-45)24-33(23-31)27-45/h3-10,15-16,21,30-35,37,51H,11-14,17-20,22-29H2,1-2H3. The lowest BCUT2D eigenvalue weighted by Gasteiger charge is -2.57. The molecule has 304 valence electrons. The lowest BCUT2D eigenvalue weighted by molar-refractivity contribution is -0.159. The maximum atomic E-state index is 14.0. The molecule has 4 aliphatic carbocycles. The highest BCUT2D eigenvalue weighted by Crippen LogP contribution is 2.60. The molecule has 2 saturated heterocycles. The van der Waals surface area contributed by atoms with E-state index in [0.29, 0.717) is 53.0 Å². The summed E-state index contributed by atoms with van der Waals surface area (Å²) >= 11 is 0. The lowest BCUT2D eigenvalue weighted by Crippen LogP contribution is -2.56. The largest absolute Gasteiger partial charge is 0.490 e. The van der Waals surface area contributed by atoms with Crippen LogP contribution in [0.3, 0.4) is 0 Å². The van der Waals surface area contributed by atoms with Crippen molar-refractivity contribution in [2.24, 2.45) is 35.0 Å². The van der Waals surface area contributed by atoms with E-state index >= 15 is 0 Å². The van der Waals surface area contributed by atoms with Crippen molar-refractivity contribution >= 4 is 43.8 Å². The molecular formula is C45H57N5O6S. The Kier molecular flexibility index (Phi) is 10.2. The lowest BCUT2D eigenvalue weighted by atomic mass is 9.49. The highest BCUT2D eigenvalue weighted by Gasteiger charge is 2.55. The molecule has 4 heterocycles. The predicted molar refractivity (Wildman–Crippen MR) is 219 cm³/mol. The normalized spacial score (nSPS) is 26.1. The number of amides is 3. The number of ether oxygens (including phenoxy) is 1. The number of aliphatic hydroxyl groups is 1. The van der Waals surface area contributed by atoms with Crippen LogP contribution in [0.15, 0.2) is 71.9 Å². The predicted octanol–water partition coefficient (Wildman–Crippen LogP) is 7.16. The van der Waals surface area contributed by atoms with Gasteiger partial charge >= 0.3 is 6.03 Å². The monoisotopic (exact) mass is 795 g/mol. The number of hydrogen-bond donors (Lipinski definition) is 1. The number of carbonyl (C=O) groups excluding carboxylic acids is 2. The molecule has 11 nitrogen and oxygen atoms in total. The Balaban J connectivity index is 0.775. The van der Waals surface area contributed by atoms with Crippen molar-refractivity contribution in [2.75, 3.05) is 39.3 Å². The second-order valence-electron chi connectivity index (χ2n) is 18.3. The number of carbonyl (C=O) groups is 2. The first kappa shape index (κ1) is 38.4. The fraction of sp³-hybridized carbons (Fsp3) is 0.578. The third-order valence-corrected chi connectivity index (χ3v) is 16.0.